The lowest BCUT2D eigenvalue weighted by Crippen LogP contribution is -2.62. The lowest BCUT2D eigenvalue weighted by molar-refractivity contribution is -0.158. The van der Waals surface area contributed by atoms with Gasteiger partial charge in [-0.3, -0.25) is 9.59 Å². The Balaban J connectivity index is 1.55. The van der Waals surface area contributed by atoms with E-state index in [2.05, 4.69) is 35.6 Å². The van der Waals surface area contributed by atoms with E-state index in [1.54, 1.807) is 0 Å². The van der Waals surface area contributed by atoms with Crippen molar-refractivity contribution in [2.75, 3.05) is 6.54 Å². The quantitative estimate of drug-likeness (QED) is 0.593. The summed E-state index contributed by atoms with van der Waals surface area (Å²) in [7, 11) is 0. The van der Waals surface area contributed by atoms with E-state index in [4.69, 9.17) is 0 Å². The number of fused-ring (bicyclic) bond motifs is 1. The molecule has 34 heavy (non-hydrogen) atoms. The number of nitrogens with one attached hydrogen (secondary N) is 1. The van der Waals surface area contributed by atoms with E-state index in [1.165, 1.54) is 5.56 Å². The van der Waals surface area contributed by atoms with Gasteiger partial charge in [0.2, 0.25) is 0 Å². The van der Waals surface area contributed by atoms with Crippen molar-refractivity contribution in [2.45, 2.75) is 43.6 Å². The maximum atomic E-state index is 13.9. The van der Waals surface area contributed by atoms with E-state index in [1.807, 2.05) is 55.5 Å². The second-order valence-corrected chi connectivity index (χ2v) is 10.3. The van der Waals surface area contributed by atoms with Gasteiger partial charge in [0.15, 0.2) is 5.78 Å². The minimum Gasteiger partial charge on any atom is -0.481 e. The van der Waals surface area contributed by atoms with Gasteiger partial charge in [-0.1, -0.05) is 78.9 Å². The molecule has 4 aliphatic rings. The van der Waals surface area contributed by atoms with Crippen molar-refractivity contribution >= 4 is 11.8 Å². The lowest BCUT2D eigenvalue weighted by Gasteiger charge is -2.60. The summed E-state index contributed by atoms with van der Waals surface area (Å²) < 4.78 is 0. The zero-order chi connectivity index (χ0) is 23.5. The van der Waals surface area contributed by atoms with Gasteiger partial charge in [0, 0.05) is 30.2 Å². The first-order valence-electron chi connectivity index (χ1n) is 12.2. The number of Topliss-reactive ketones (excluding diaryl/α,β-unsaturated/α-hetero) is 1. The molecule has 2 bridgehead atoms. The molecule has 3 aliphatic carbocycles. The van der Waals surface area contributed by atoms with Crippen molar-refractivity contribution in [2.24, 2.45) is 11.3 Å². The average Bonchev–Trinajstić information content (AvgIpc) is 3.30. The molecule has 3 aromatic carbocycles. The summed E-state index contributed by atoms with van der Waals surface area (Å²) in [5.41, 5.74) is 4.05. The van der Waals surface area contributed by atoms with Gasteiger partial charge in [0.1, 0.15) is 0 Å². The van der Waals surface area contributed by atoms with Crippen molar-refractivity contribution in [3.63, 3.8) is 0 Å². The Morgan fingerprint density at radius 2 is 1.68 bits per heavy atom. The molecule has 0 aromatic heterocycles. The third-order valence-corrected chi connectivity index (χ3v) is 8.96. The normalized spacial score (nSPS) is 31.0. The van der Waals surface area contributed by atoms with Crippen LogP contribution in [0.3, 0.4) is 0 Å². The maximum absolute atomic E-state index is 13.9. The molecule has 1 aliphatic heterocycles. The fourth-order valence-corrected chi connectivity index (χ4v) is 7.57. The second-order valence-electron chi connectivity index (χ2n) is 10.3. The third-order valence-electron chi connectivity index (χ3n) is 8.96. The molecule has 1 saturated carbocycles. The molecule has 4 nitrogen and oxygen atoms in total. The van der Waals surface area contributed by atoms with Gasteiger partial charge in [0.25, 0.3) is 0 Å². The number of carbonyl (C=O) groups is 2. The number of carbonyl (C=O) groups excluding carboxylic acids is 1. The second kappa shape index (κ2) is 7.64. The van der Waals surface area contributed by atoms with Crippen LogP contribution in [0.5, 0.6) is 0 Å². The molecule has 2 fully saturated rings. The molecular formula is C30H29NO3. The Labute approximate surface area is 200 Å². The van der Waals surface area contributed by atoms with E-state index in [0.717, 1.165) is 35.1 Å². The number of benzene rings is 3. The van der Waals surface area contributed by atoms with Crippen molar-refractivity contribution in [3.8, 4) is 0 Å². The van der Waals surface area contributed by atoms with Crippen LogP contribution in [-0.2, 0) is 21.4 Å². The van der Waals surface area contributed by atoms with Crippen LogP contribution < -0.4 is 5.32 Å². The summed E-state index contributed by atoms with van der Waals surface area (Å²) in [6, 6.07) is 26.1. The Kier molecular flexibility index (Phi) is 4.79. The number of carboxylic acids is 1. The van der Waals surface area contributed by atoms with Crippen molar-refractivity contribution in [1.82, 2.24) is 5.32 Å². The van der Waals surface area contributed by atoms with Gasteiger partial charge in [-0.05, 0) is 47.6 Å². The van der Waals surface area contributed by atoms with Crippen molar-refractivity contribution in [1.29, 1.82) is 0 Å². The highest BCUT2D eigenvalue weighted by Gasteiger charge is 2.72. The first-order chi connectivity index (χ1) is 16.5. The van der Waals surface area contributed by atoms with E-state index < -0.39 is 22.8 Å². The summed E-state index contributed by atoms with van der Waals surface area (Å²) in [6.45, 7) is 2.35. The van der Waals surface area contributed by atoms with Crippen LogP contribution in [0.2, 0.25) is 0 Å². The SMILES string of the molecule is Cc1ccccc1CC(=O)C1NCC2(C(=O)O)C3CCC(c4ccccc4)(c4ccccc43)C12. The van der Waals surface area contributed by atoms with E-state index in [0.29, 0.717) is 13.0 Å². The Morgan fingerprint density at radius 1 is 0.971 bits per heavy atom. The number of aryl methyl sites for hydroxylation is 1. The third kappa shape index (κ3) is 2.69. The van der Waals surface area contributed by atoms with Gasteiger partial charge in [0.05, 0.1) is 11.5 Å². The fourth-order valence-electron chi connectivity index (χ4n) is 7.57. The number of rotatable bonds is 5. The molecule has 172 valence electrons. The van der Waals surface area contributed by atoms with Crippen LogP contribution in [0.4, 0.5) is 0 Å². The smallest absolute Gasteiger partial charge is 0.311 e. The number of carboxylic acid groups (broad SMARTS) is 1. The molecule has 3 aromatic rings. The van der Waals surface area contributed by atoms with Crippen LogP contribution in [0, 0.1) is 18.3 Å². The molecule has 4 heteroatoms. The summed E-state index contributed by atoms with van der Waals surface area (Å²) >= 11 is 0. The van der Waals surface area contributed by atoms with E-state index >= 15 is 0 Å². The minimum atomic E-state index is -1.01. The zero-order valence-corrected chi connectivity index (χ0v) is 19.3. The zero-order valence-electron chi connectivity index (χ0n) is 19.3. The van der Waals surface area contributed by atoms with Crippen LogP contribution in [0.15, 0.2) is 78.9 Å². The highest BCUT2D eigenvalue weighted by Crippen LogP contribution is 2.69. The topological polar surface area (TPSA) is 66.4 Å². The Bertz CT molecular complexity index is 1280. The molecule has 5 unspecified atom stereocenters. The summed E-state index contributed by atoms with van der Waals surface area (Å²) in [6.07, 6.45) is 1.98. The standard InChI is InChI=1S/C30H29NO3/c1-19-9-5-6-10-20(19)17-25(32)26-27-29(21-11-3-2-4-12-21)16-15-24(22-13-7-8-14-23(22)29)30(27,18-31-26)28(33)34/h2-14,24,26-27,31H,15-18H2,1H3,(H,33,34). The maximum Gasteiger partial charge on any atom is 0.311 e. The number of ketones is 1. The monoisotopic (exact) mass is 451 g/mol. The molecule has 2 N–H and O–H groups in total. The number of hydrogen-bond acceptors (Lipinski definition) is 3. The first-order valence-corrected chi connectivity index (χ1v) is 12.2. The van der Waals surface area contributed by atoms with Crippen molar-refractivity contribution < 1.29 is 14.7 Å². The van der Waals surface area contributed by atoms with E-state index in [-0.39, 0.29) is 17.6 Å². The lowest BCUT2D eigenvalue weighted by atomic mass is 9.41. The predicted molar refractivity (Wildman–Crippen MR) is 131 cm³/mol. The molecule has 0 amide bonds. The highest BCUT2D eigenvalue weighted by molar-refractivity contribution is 5.91. The number of aliphatic carboxylic acids is 1. The van der Waals surface area contributed by atoms with Crippen LogP contribution in [0.1, 0.15) is 46.6 Å². The molecule has 0 radical (unpaired) electrons. The van der Waals surface area contributed by atoms with Gasteiger partial charge >= 0.3 is 5.97 Å². The average molecular weight is 452 g/mol. The highest BCUT2D eigenvalue weighted by atomic mass is 16.4. The fraction of sp³-hybridized carbons (Fsp3) is 0.333. The molecule has 0 spiro atoms. The van der Waals surface area contributed by atoms with E-state index in [9.17, 15) is 14.7 Å². The molecule has 1 saturated heterocycles. The van der Waals surface area contributed by atoms with Crippen LogP contribution in [-0.4, -0.2) is 29.4 Å². The molecule has 7 rings (SSSR count). The van der Waals surface area contributed by atoms with Gasteiger partial charge < -0.3 is 10.4 Å². The molecule has 1 heterocycles. The van der Waals surface area contributed by atoms with Gasteiger partial charge in [-0.25, -0.2) is 0 Å². The summed E-state index contributed by atoms with van der Waals surface area (Å²) in [5, 5.41) is 14.3. The first kappa shape index (κ1) is 21.3. The molecule has 5 atom stereocenters. The van der Waals surface area contributed by atoms with Crippen LogP contribution >= 0.6 is 0 Å². The Morgan fingerprint density at radius 3 is 2.44 bits per heavy atom. The van der Waals surface area contributed by atoms with Crippen molar-refractivity contribution in [3.05, 3.63) is 107 Å². The molecular weight excluding hydrogens is 422 g/mol. The number of hydrogen-bond donors (Lipinski definition) is 2. The van der Waals surface area contributed by atoms with Gasteiger partial charge in [-0.15, -0.1) is 0 Å². The minimum absolute atomic E-state index is 0.0859. The predicted octanol–water partition coefficient (Wildman–Crippen LogP) is 4.64. The Hall–Kier alpha value is -3.24. The summed E-state index contributed by atoms with van der Waals surface area (Å²) in [4.78, 5) is 27.1. The summed E-state index contributed by atoms with van der Waals surface area (Å²) in [5.74, 6) is -1.14. The van der Waals surface area contributed by atoms with Crippen LogP contribution in [0.25, 0.3) is 0 Å². The largest absolute Gasteiger partial charge is 0.481 e. The van der Waals surface area contributed by atoms with Gasteiger partial charge in [-0.2, -0.15) is 0 Å².